The molecule has 0 saturated carbocycles. The largest absolute Gasteiger partial charge is 0.479 e. The molecule has 23 heavy (non-hydrogen) atoms. The zero-order valence-corrected chi connectivity index (χ0v) is 14.2. The molecule has 8 heteroatoms. The summed E-state index contributed by atoms with van der Waals surface area (Å²) in [5.74, 6) is -1.13. The zero-order valence-electron chi connectivity index (χ0n) is 12.7. The lowest BCUT2D eigenvalue weighted by atomic mass is 10.2. The number of aliphatic carboxylic acids is 1. The van der Waals surface area contributed by atoms with E-state index < -0.39 is 18.2 Å². The fourth-order valence-electron chi connectivity index (χ4n) is 2.34. The molecule has 0 aliphatic carbocycles. The minimum atomic E-state index is -1.10. The van der Waals surface area contributed by atoms with Gasteiger partial charge in [-0.15, -0.1) is 0 Å². The predicted molar refractivity (Wildman–Crippen MR) is 85.1 cm³/mol. The molecule has 0 bridgehead atoms. The number of carboxylic acids is 1. The van der Waals surface area contributed by atoms with E-state index >= 15 is 0 Å². The molecule has 126 valence electrons. The van der Waals surface area contributed by atoms with Crippen molar-refractivity contribution in [3.05, 3.63) is 28.2 Å². The number of rotatable bonds is 4. The lowest BCUT2D eigenvalue weighted by Gasteiger charge is -2.36. The Bertz CT molecular complexity index is 610. The standard InChI is InChI=1S/C15H17Cl2NO5/c1-8-6-18(7-12(22-8)15(20)21)14(19)9(2)23-11-5-3-4-10(16)13(11)17/h3-5,8-9,12H,6-7H2,1-2H3,(H,20,21)/t8-,9?,12?/m1/s1. The first-order valence-electron chi connectivity index (χ1n) is 7.07. The summed E-state index contributed by atoms with van der Waals surface area (Å²) < 4.78 is 10.9. The van der Waals surface area contributed by atoms with Gasteiger partial charge in [-0.05, 0) is 26.0 Å². The van der Waals surface area contributed by atoms with Crippen LogP contribution in [0.2, 0.25) is 10.0 Å². The molecule has 6 nitrogen and oxygen atoms in total. The van der Waals surface area contributed by atoms with E-state index in [1.807, 2.05) is 0 Å². The summed E-state index contributed by atoms with van der Waals surface area (Å²) in [6.45, 7) is 3.58. The number of carbonyl (C=O) groups excluding carboxylic acids is 1. The van der Waals surface area contributed by atoms with E-state index in [-0.39, 0.29) is 23.6 Å². The molecule has 1 aliphatic heterocycles. The van der Waals surface area contributed by atoms with Crippen molar-refractivity contribution in [2.24, 2.45) is 0 Å². The summed E-state index contributed by atoms with van der Waals surface area (Å²) in [5, 5.41) is 9.63. The van der Waals surface area contributed by atoms with Crippen LogP contribution in [0.3, 0.4) is 0 Å². The van der Waals surface area contributed by atoms with Crippen LogP contribution in [0.1, 0.15) is 13.8 Å². The summed E-state index contributed by atoms with van der Waals surface area (Å²) in [5.41, 5.74) is 0. The highest BCUT2D eigenvalue weighted by Crippen LogP contribution is 2.32. The molecule has 1 aromatic rings. The van der Waals surface area contributed by atoms with Gasteiger partial charge in [-0.3, -0.25) is 4.79 Å². The highest BCUT2D eigenvalue weighted by molar-refractivity contribution is 6.42. The first-order valence-corrected chi connectivity index (χ1v) is 7.83. The third-order valence-electron chi connectivity index (χ3n) is 3.42. The molecular weight excluding hydrogens is 345 g/mol. The van der Waals surface area contributed by atoms with Crippen molar-refractivity contribution >= 4 is 35.1 Å². The van der Waals surface area contributed by atoms with Gasteiger partial charge in [0.25, 0.3) is 5.91 Å². The summed E-state index contributed by atoms with van der Waals surface area (Å²) in [6, 6.07) is 4.89. The van der Waals surface area contributed by atoms with Gasteiger partial charge in [-0.25, -0.2) is 4.79 Å². The maximum absolute atomic E-state index is 12.5. The first kappa shape index (κ1) is 17.8. The van der Waals surface area contributed by atoms with E-state index in [4.69, 9.17) is 37.8 Å². The molecule has 1 saturated heterocycles. The van der Waals surface area contributed by atoms with Crippen LogP contribution in [0.15, 0.2) is 18.2 Å². The summed E-state index contributed by atoms with van der Waals surface area (Å²) in [4.78, 5) is 25.0. The van der Waals surface area contributed by atoms with Gasteiger partial charge in [-0.1, -0.05) is 29.3 Å². The smallest absolute Gasteiger partial charge is 0.334 e. The number of hydrogen-bond acceptors (Lipinski definition) is 4. The molecule has 1 heterocycles. The highest BCUT2D eigenvalue weighted by atomic mass is 35.5. The van der Waals surface area contributed by atoms with Gasteiger partial charge in [0.2, 0.25) is 0 Å². The second kappa shape index (κ2) is 7.38. The van der Waals surface area contributed by atoms with E-state index in [1.165, 1.54) is 4.90 Å². The van der Waals surface area contributed by atoms with Crippen LogP contribution in [-0.2, 0) is 14.3 Å². The van der Waals surface area contributed by atoms with E-state index in [1.54, 1.807) is 32.0 Å². The highest BCUT2D eigenvalue weighted by Gasteiger charge is 2.34. The normalized spacial score (nSPS) is 22.5. The Morgan fingerprint density at radius 1 is 1.39 bits per heavy atom. The fraction of sp³-hybridized carbons (Fsp3) is 0.467. The second-order valence-corrected chi connectivity index (χ2v) is 6.11. The molecule has 1 amide bonds. The van der Waals surface area contributed by atoms with Crippen molar-refractivity contribution in [1.82, 2.24) is 4.90 Å². The second-order valence-electron chi connectivity index (χ2n) is 5.33. The number of morpholine rings is 1. The maximum Gasteiger partial charge on any atom is 0.334 e. The summed E-state index contributed by atoms with van der Waals surface area (Å²) >= 11 is 11.9. The molecule has 3 atom stereocenters. The Kier molecular flexibility index (Phi) is 5.73. The van der Waals surface area contributed by atoms with Crippen LogP contribution < -0.4 is 4.74 Å². The number of hydrogen-bond donors (Lipinski definition) is 1. The fourth-order valence-corrected chi connectivity index (χ4v) is 2.68. The number of carbonyl (C=O) groups is 2. The van der Waals surface area contributed by atoms with Crippen molar-refractivity contribution in [1.29, 1.82) is 0 Å². The van der Waals surface area contributed by atoms with Crippen LogP contribution in [0.25, 0.3) is 0 Å². The van der Waals surface area contributed by atoms with Crippen LogP contribution >= 0.6 is 23.2 Å². The van der Waals surface area contributed by atoms with Crippen LogP contribution in [0, 0.1) is 0 Å². The number of halogens is 2. The monoisotopic (exact) mass is 361 g/mol. The number of ether oxygens (including phenoxy) is 2. The van der Waals surface area contributed by atoms with E-state index in [2.05, 4.69) is 0 Å². The molecule has 1 aromatic carbocycles. The van der Waals surface area contributed by atoms with Crippen LogP contribution in [0.5, 0.6) is 5.75 Å². The van der Waals surface area contributed by atoms with Crippen molar-refractivity contribution in [2.45, 2.75) is 32.2 Å². The minimum absolute atomic E-state index is 0.0184. The Morgan fingerprint density at radius 3 is 2.74 bits per heavy atom. The Labute approximate surface area is 143 Å². The molecule has 0 radical (unpaired) electrons. The zero-order chi connectivity index (χ0) is 17.1. The minimum Gasteiger partial charge on any atom is -0.479 e. The molecule has 1 aliphatic rings. The van der Waals surface area contributed by atoms with E-state index in [0.29, 0.717) is 17.3 Å². The summed E-state index contributed by atoms with van der Waals surface area (Å²) in [7, 11) is 0. The van der Waals surface area contributed by atoms with Gasteiger partial charge in [0.1, 0.15) is 10.8 Å². The van der Waals surface area contributed by atoms with Crippen molar-refractivity contribution in [3.63, 3.8) is 0 Å². The Morgan fingerprint density at radius 2 is 2.09 bits per heavy atom. The topological polar surface area (TPSA) is 76.1 Å². The lowest BCUT2D eigenvalue weighted by molar-refractivity contribution is -0.168. The number of benzene rings is 1. The van der Waals surface area contributed by atoms with Crippen molar-refractivity contribution in [2.75, 3.05) is 13.1 Å². The molecular formula is C15H17Cl2NO5. The lowest BCUT2D eigenvalue weighted by Crippen LogP contribution is -2.54. The number of nitrogens with zero attached hydrogens (tertiary/aromatic N) is 1. The van der Waals surface area contributed by atoms with Gasteiger partial charge in [0, 0.05) is 6.54 Å². The average molecular weight is 362 g/mol. The van der Waals surface area contributed by atoms with E-state index in [9.17, 15) is 9.59 Å². The number of carboxylic acid groups (broad SMARTS) is 1. The van der Waals surface area contributed by atoms with E-state index in [0.717, 1.165) is 0 Å². The molecule has 0 aromatic heterocycles. The third-order valence-corrected chi connectivity index (χ3v) is 4.22. The van der Waals surface area contributed by atoms with Crippen LogP contribution in [0.4, 0.5) is 0 Å². The summed E-state index contributed by atoms with van der Waals surface area (Å²) in [6.07, 6.45) is -2.23. The Hall–Kier alpha value is -1.50. The van der Waals surface area contributed by atoms with Gasteiger partial charge in [0.15, 0.2) is 12.2 Å². The maximum atomic E-state index is 12.5. The third kappa shape index (κ3) is 4.28. The first-order chi connectivity index (χ1) is 10.8. The van der Waals surface area contributed by atoms with Gasteiger partial charge in [0.05, 0.1) is 17.7 Å². The Balaban J connectivity index is 2.07. The predicted octanol–water partition coefficient (Wildman–Crippen LogP) is 2.46. The number of amides is 1. The van der Waals surface area contributed by atoms with Gasteiger partial charge >= 0.3 is 5.97 Å². The van der Waals surface area contributed by atoms with Crippen molar-refractivity contribution < 1.29 is 24.2 Å². The average Bonchev–Trinajstić information content (AvgIpc) is 2.50. The molecule has 1 fully saturated rings. The van der Waals surface area contributed by atoms with Gasteiger partial charge < -0.3 is 19.5 Å². The van der Waals surface area contributed by atoms with Gasteiger partial charge in [-0.2, -0.15) is 0 Å². The van der Waals surface area contributed by atoms with Crippen LogP contribution in [-0.4, -0.2) is 53.3 Å². The molecule has 2 unspecified atom stereocenters. The molecule has 1 N–H and O–H groups in total. The van der Waals surface area contributed by atoms with Crippen molar-refractivity contribution in [3.8, 4) is 5.75 Å². The molecule has 0 spiro atoms. The SMILES string of the molecule is CC(Oc1cccc(Cl)c1Cl)C(=O)N1CC(C(=O)O)O[C@H](C)C1. The molecule has 2 rings (SSSR count). The quantitative estimate of drug-likeness (QED) is 0.891.